The zero-order valence-corrected chi connectivity index (χ0v) is 9.94. The number of hydrogen-bond donors (Lipinski definition) is 1. The second-order valence-corrected chi connectivity index (χ2v) is 4.62. The Hall–Kier alpha value is -1.65. The van der Waals surface area contributed by atoms with Gasteiger partial charge in [-0.15, -0.1) is 0 Å². The van der Waals surface area contributed by atoms with Gasteiger partial charge in [-0.3, -0.25) is 4.79 Å². The van der Waals surface area contributed by atoms with Crippen molar-refractivity contribution in [1.82, 2.24) is 9.78 Å². The number of rotatable bonds is 2. The summed E-state index contributed by atoms with van der Waals surface area (Å²) < 4.78 is 1.18. The molecule has 0 fully saturated rings. The van der Waals surface area contributed by atoms with Crippen LogP contribution in [0.3, 0.4) is 0 Å². The average Bonchev–Trinajstić information content (AvgIpc) is 2.15. The van der Waals surface area contributed by atoms with E-state index in [1.54, 1.807) is 6.92 Å². The predicted octanol–water partition coefficient (Wildman–Crippen LogP) is 1.26. The van der Waals surface area contributed by atoms with Crippen molar-refractivity contribution >= 4 is 5.97 Å². The van der Waals surface area contributed by atoms with E-state index in [9.17, 15) is 9.59 Å². The number of carboxylic acid groups (broad SMARTS) is 1. The summed E-state index contributed by atoms with van der Waals surface area (Å²) in [6, 6.07) is 1.36. The summed E-state index contributed by atoms with van der Waals surface area (Å²) in [5, 5.41) is 13.1. The summed E-state index contributed by atoms with van der Waals surface area (Å²) in [5.74, 6) is -1.21. The number of hydrogen-bond acceptors (Lipinski definition) is 3. The summed E-state index contributed by atoms with van der Waals surface area (Å²) >= 11 is 0. The zero-order chi connectivity index (χ0) is 12.5. The summed E-state index contributed by atoms with van der Waals surface area (Å²) in [5.41, 5.74) is -0.453. The fraction of sp³-hybridized carbons (Fsp3) is 0.545. The lowest BCUT2D eigenvalue weighted by Gasteiger charge is -2.18. The number of carboxylic acids is 1. The molecule has 0 aliphatic rings. The van der Waals surface area contributed by atoms with Crippen LogP contribution in [0.25, 0.3) is 0 Å². The van der Waals surface area contributed by atoms with Crippen LogP contribution < -0.4 is 5.56 Å². The van der Waals surface area contributed by atoms with Gasteiger partial charge in [0.25, 0.3) is 5.56 Å². The Morgan fingerprint density at radius 1 is 1.50 bits per heavy atom. The minimum absolute atomic E-state index is 0.221. The lowest BCUT2D eigenvalue weighted by Crippen LogP contribution is -2.31. The smallest absolute Gasteiger partial charge is 0.341 e. The van der Waals surface area contributed by atoms with Crippen LogP contribution in [0.5, 0.6) is 0 Å². The summed E-state index contributed by atoms with van der Waals surface area (Å²) in [4.78, 5) is 22.6. The van der Waals surface area contributed by atoms with E-state index in [2.05, 4.69) is 5.10 Å². The molecule has 88 valence electrons. The van der Waals surface area contributed by atoms with Gasteiger partial charge >= 0.3 is 5.97 Å². The van der Waals surface area contributed by atoms with E-state index in [0.717, 1.165) is 0 Å². The Bertz CT molecular complexity index is 469. The van der Waals surface area contributed by atoms with Crippen LogP contribution in [0, 0.1) is 0 Å². The topological polar surface area (TPSA) is 72.2 Å². The largest absolute Gasteiger partial charge is 0.477 e. The highest BCUT2D eigenvalue weighted by molar-refractivity contribution is 5.87. The zero-order valence-electron chi connectivity index (χ0n) is 9.94. The molecule has 5 heteroatoms. The Morgan fingerprint density at radius 2 is 2.06 bits per heavy atom. The second kappa shape index (κ2) is 4.08. The van der Waals surface area contributed by atoms with Crippen molar-refractivity contribution in [2.75, 3.05) is 0 Å². The van der Waals surface area contributed by atoms with Gasteiger partial charge in [0.1, 0.15) is 5.56 Å². The number of aromatic nitrogens is 2. The molecular weight excluding hydrogens is 208 g/mol. The predicted molar refractivity (Wildman–Crippen MR) is 59.8 cm³/mol. The molecule has 0 saturated carbocycles. The Morgan fingerprint density at radius 3 is 2.44 bits per heavy atom. The van der Waals surface area contributed by atoms with Crippen molar-refractivity contribution in [3.8, 4) is 0 Å². The molecule has 0 aliphatic heterocycles. The minimum atomic E-state index is -1.21. The third-order valence-electron chi connectivity index (χ3n) is 2.27. The lowest BCUT2D eigenvalue weighted by molar-refractivity contribution is 0.0693. The van der Waals surface area contributed by atoms with E-state index >= 15 is 0 Å². The second-order valence-electron chi connectivity index (χ2n) is 4.62. The number of carbonyl (C=O) groups is 1. The first-order valence-corrected chi connectivity index (χ1v) is 5.13. The molecule has 1 aromatic rings. The van der Waals surface area contributed by atoms with Gasteiger partial charge in [0.2, 0.25) is 0 Å². The Labute approximate surface area is 93.7 Å². The van der Waals surface area contributed by atoms with Gasteiger partial charge in [-0.2, -0.15) is 5.10 Å². The number of aromatic carboxylic acids is 1. The van der Waals surface area contributed by atoms with Crippen molar-refractivity contribution in [2.24, 2.45) is 0 Å². The molecule has 1 rings (SSSR count). The van der Waals surface area contributed by atoms with Crippen molar-refractivity contribution in [3.05, 3.63) is 27.7 Å². The monoisotopic (exact) mass is 224 g/mol. The molecule has 0 amide bonds. The van der Waals surface area contributed by atoms with Crippen molar-refractivity contribution in [2.45, 2.75) is 39.7 Å². The van der Waals surface area contributed by atoms with Crippen LogP contribution >= 0.6 is 0 Å². The quantitative estimate of drug-likeness (QED) is 0.820. The molecule has 1 aromatic heterocycles. The first-order chi connectivity index (χ1) is 7.27. The highest BCUT2D eigenvalue weighted by Gasteiger charge is 2.21. The first kappa shape index (κ1) is 12.4. The molecule has 0 unspecified atom stereocenters. The number of nitrogens with zero attached hydrogens (tertiary/aromatic N) is 2. The molecule has 1 N–H and O–H groups in total. The maximum atomic E-state index is 11.6. The van der Waals surface area contributed by atoms with Crippen LogP contribution in [-0.4, -0.2) is 20.9 Å². The maximum Gasteiger partial charge on any atom is 0.341 e. The van der Waals surface area contributed by atoms with Gasteiger partial charge in [-0.25, -0.2) is 9.48 Å². The van der Waals surface area contributed by atoms with Gasteiger partial charge in [0.15, 0.2) is 0 Å². The normalized spacial score (nSPS) is 11.5. The third-order valence-corrected chi connectivity index (χ3v) is 2.27. The van der Waals surface area contributed by atoms with E-state index in [-0.39, 0.29) is 11.0 Å². The lowest BCUT2D eigenvalue weighted by atomic mass is 9.91. The van der Waals surface area contributed by atoms with Gasteiger partial charge in [-0.1, -0.05) is 20.8 Å². The molecule has 0 radical (unpaired) electrons. The summed E-state index contributed by atoms with van der Waals surface area (Å²) in [6.07, 6.45) is 0. The van der Waals surface area contributed by atoms with E-state index < -0.39 is 11.5 Å². The molecule has 0 aromatic carbocycles. The van der Waals surface area contributed by atoms with E-state index in [1.807, 2.05) is 20.8 Å². The Balaban J connectivity index is 3.53. The number of aryl methyl sites for hydroxylation is 1. The molecule has 16 heavy (non-hydrogen) atoms. The van der Waals surface area contributed by atoms with E-state index in [0.29, 0.717) is 12.2 Å². The maximum absolute atomic E-state index is 11.6. The minimum Gasteiger partial charge on any atom is -0.477 e. The molecule has 0 bridgehead atoms. The highest BCUT2D eigenvalue weighted by Crippen LogP contribution is 2.19. The van der Waals surface area contributed by atoms with E-state index in [4.69, 9.17) is 5.11 Å². The standard InChI is InChI=1S/C11H16N2O3/c1-5-13-9(14)7(10(15)16)6-8(12-13)11(2,3)4/h6H,5H2,1-4H3,(H,15,16). The molecule has 5 nitrogen and oxygen atoms in total. The fourth-order valence-electron chi connectivity index (χ4n) is 1.28. The average molecular weight is 224 g/mol. The Kier molecular flexibility index (Phi) is 3.16. The highest BCUT2D eigenvalue weighted by atomic mass is 16.4. The molecule has 1 heterocycles. The van der Waals surface area contributed by atoms with Crippen molar-refractivity contribution in [3.63, 3.8) is 0 Å². The SMILES string of the molecule is CCn1nc(C(C)(C)C)cc(C(=O)O)c1=O. The molecule has 0 spiro atoms. The van der Waals surface area contributed by atoms with Gasteiger partial charge < -0.3 is 5.11 Å². The van der Waals surface area contributed by atoms with Crippen LogP contribution in [0.15, 0.2) is 10.9 Å². The molecule has 0 aliphatic carbocycles. The van der Waals surface area contributed by atoms with Gasteiger partial charge in [0, 0.05) is 12.0 Å². The van der Waals surface area contributed by atoms with Crippen LogP contribution in [-0.2, 0) is 12.0 Å². The van der Waals surface area contributed by atoms with E-state index in [1.165, 1.54) is 10.7 Å². The van der Waals surface area contributed by atoms with Crippen LogP contribution in [0.4, 0.5) is 0 Å². The van der Waals surface area contributed by atoms with Crippen molar-refractivity contribution < 1.29 is 9.90 Å². The summed E-state index contributed by atoms with van der Waals surface area (Å²) in [7, 11) is 0. The van der Waals surface area contributed by atoms with Gasteiger partial charge in [0.05, 0.1) is 5.69 Å². The van der Waals surface area contributed by atoms with Crippen molar-refractivity contribution in [1.29, 1.82) is 0 Å². The molecular formula is C11H16N2O3. The first-order valence-electron chi connectivity index (χ1n) is 5.13. The summed E-state index contributed by atoms with van der Waals surface area (Å²) in [6.45, 7) is 7.89. The van der Waals surface area contributed by atoms with Crippen LogP contribution in [0.2, 0.25) is 0 Å². The van der Waals surface area contributed by atoms with Crippen LogP contribution in [0.1, 0.15) is 43.7 Å². The fourth-order valence-corrected chi connectivity index (χ4v) is 1.28. The third kappa shape index (κ3) is 2.29. The molecule has 0 atom stereocenters. The van der Waals surface area contributed by atoms with Gasteiger partial charge in [-0.05, 0) is 13.0 Å². The molecule has 0 saturated heterocycles.